The molecule has 1 aromatic carbocycles. The van der Waals surface area contributed by atoms with Crippen molar-refractivity contribution in [3.05, 3.63) is 60.0 Å². The van der Waals surface area contributed by atoms with Crippen LogP contribution in [0.15, 0.2) is 48.7 Å². The number of carbonyl (C=O) groups excluding carboxylic acids is 1. The van der Waals surface area contributed by atoms with Gasteiger partial charge in [-0.3, -0.25) is 14.5 Å². The van der Waals surface area contributed by atoms with Crippen LogP contribution in [-0.2, 0) is 0 Å². The second kappa shape index (κ2) is 4.49. The van der Waals surface area contributed by atoms with Crippen molar-refractivity contribution in [1.29, 1.82) is 0 Å². The third-order valence-electron chi connectivity index (χ3n) is 2.66. The van der Waals surface area contributed by atoms with Crippen molar-refractivity contribution in [2.45, 2.75) is 0 Å². The molecule has 0 aliphatic rings. The Morgan fingerprint density at radius 1 is 1.11 bits per heavy atom. The molecule has 0 saturated heterocycles. The minimum atomic E-state index is -0.575. The molecule has 6 heteroatoms. The number of carbonyl (C=O) groups is 1. The van der Waals surface area contributed by atoms with Gasteiger partial charge in [0.2, 0.25) is 5.95 Å². The Morgan fingerprint density at radius 3 is 2.74 bits per heavy atom. The summed E-state index contributed by atoms with van der Waals surface area (Å²) in [5, 5.41) is 10.3. The van der Waals surface area contributed by atoms with E-state index in [1.165, 1.54) is 18.2 Å². The lowest BCUT2D eigenvalue weighted by Crippen LogP contribution is -2.15. The van der Waals surface area contributed by atoms with Crippen LogP contribution in [0.4, 0.5) is 10.3 Å². The summed E-state index contributed by atoms with van der Waals surface area (Å²) in [6.45, 7) is 0. The molecular formula is C13H9FN4O. The molecule has 0 radical (unpaired) electrons. The van der Waals surface area contributed by atoms with Crippen LogP contribution < -0.4 is 5.32 Å². The van der Waals surface area contributed by atoms with Crippen molar-refractivity contribution in [2.24, 2.45) is 0 Å². The van der Waals surface area contributed by atoms with Gasteiger partial charge in [-0.05, 0) is 24.3 Å². The molecule has 3 rings (SSSR count). The highest BCUT2D eigenvalue weighted by Gasteiger charge is 2.13. The molecule has 2 aromatic heterocycles. The van der Waals surface area contributed by atoms with Crippen LogP contribution in [0, 0.1) is 5.82 Å². The van der Waals surface area contributed by atoms with Gasteiger partial charge in [0, 0.05) is 6.20 Å². The molecule has 0 atom stereocenters. The summed E-state index contributed by atoms with van der Waals surface area (Å²) < 4.78 is 15.1. The normalized spacial score (nSPS) is 10.6. The first-order chi connectivity index (χ1) is 9.25. The molecule has 0 aliphatic carbocycles. The Labute approximate surface area is 107 Å². The predicted octanol–water partition coefficient (Wildman–Crippen LogP) is 2.12. The van der Waals surface area contributed by atoms with Gasteiger partial charge in [-0.15, -0.1) is 10.2 Å². The Hall–Kier alpha value is -2.76. The molecule has 0 bridgehead atoms. The summed E-state index contributed by atoms with van der Waals surface area (Å²) in [6.07, 6.45) is 1.71. The standard InChI is InChI=1S/C13H9FN4O/c14-10-6-2-1-5-9(10)12(19)15-13-17-16-11-7-3-4-8-18(11)13/h1-8H,(H,15,17,19). The Balaban J connectivity index is 1.94. The lowest BCUT2D eigenvalue weighted by Gasteiger charge is -2.03. The molecule has 19 heavy (non-hydrogen) atoms. The number of benzene rings is 1. The summed E-state index contributed by atoms with van der Waals surface area (Å²) in [4.78, 5) is 11.9. The van der Waals surface area contributed by atoms with Gasteiger partial charge >= 0.3 is 0 Å². The second-order valence-electron chi connectivity index (χ2n) is 3.89. The summed E-state index contributed by atoms with van der Waals surface area (Å²) in [5.41, 5.74) is 0.571. The smallest absolute Gasteiger partial charge is 0.260 e. The van der Waals surface area contributed by atoms with Gasteiger partial charge in [0.05, 0.1) is 5.56 Å². The van der Waals surface area contributed by atoms with Crippen LogP contribution in [0.2, 0.25) is 0 Å². The third-order valence-corrected chi connectivity index (χ3v) is 2.66. The van der Waals surface area contributed by atoms with E-state index in [9.17, 15) is 9.18 Å². The highest BCUT2D eigenvalue weighted by Crippen LogP contribution is 2.11. The number of fused-ring (bicyclic) bond motifs is 1. The van der Waals surface area contributed by atoms with Crippen LogP contribution in [0.3, 0.4) is 0 Å². The van der Waals surface area contributed by atoms with Crippen molar-refractivity contribution in [2.75, 3.05) is 5.32 Å². The summed E-state index contributed by atoms with van der Waals surface area (Å²) in [5.74, 6) is -0.881. The monoisotopic (exact) mass is 256 g/mol. The van der Waals surface area contributed by atoms with Gasteiger partial charge in [0.1, 0.15) is 5.82 Å². The number of anilines is 1. The topological polar surface area (TPSA) is 59.3 Å². The van der Waals surface area contributed by atoms with Crippen LogP contribution >= 0.6 is 0 Å². The van der Waals surface area contributed by atoms with Crippen molar-refractivity contribution in [1.82, 2.24) is 14.6 Å². The van der Waals surface area contributed by atoms with Gasteiger partial charge in [-0.2, -0.15) is 0 Å². The zero-order valence-electron chi connectivity index (χ0n) is 9.75. The largest absolute Gasteiger partial charge is 0.290 e. The van der Waals surface area contributed by atoms with E-state index in [2.05, 4.69) is 15.5 Å². The highest BCUT2D eigenvalue weighted by atomic mass is 19.1. The van der Waals surface area contributed by atoms with Crippen molar-refractivity contribution in [3.63, 3.8) is 0 Å². The maximum Gasteiger partial charge on any atom is 0.260 e. The molecule has 0 saturated carbocycles. The molecule has 1 N–H and O–H groups in total. The van der Waals surface area contributed by atoms with E-state index in [1.54, 1.807) is 28.8 Å². The summed E-state index contributed by atoms with van der Waals surface area (Å²) in [6, 6.07) is 11.1. The minimum absolute atomic E-state index is 0.0322. The number of hydrogen-bond acceptors (Lipinski definition) is 3. The molecule has 0 unspecified atom stereocenters. The third kappa shape index (κ3) is 2.03. The molecule has 2 heterocycles. The number of nitrogens with zero attached hydrogens (tertiary/aromatic N) is 3. The van der Waals surface area contributed by atoms with E-state index in [-0.39, 0.29) is 11.5 Å². The van der Waals surface area contributed by atoms with E-state index >= 15 is 0 Å². The molecular weight excluding hydrogens is 247 g/mol. The number of pyridine rings is 1. The fraction of sp³-hybridized carbons (Fsp3) is 0. The first-order valence-electron chi connectivity index (χ1n) is 5.61. The van der Waals surface area contributed by atoms with E-state index < -0.39 is 11.7 Å². The van der Waals surface area contributed by atoms with Crippen molar-refractivity contribution < 1.29 is 9.18 Å². The van der Waals surface area contributed by atoms with Crippen LogP contribution in [0.5, 0.6) is 0 Å². The zero-order valence-corrected chi connectivity index (χ0v) is 9.75. The number of amides is 1. The predicted molar refractivity (Wildman–Crippen MR) is 67.3 cm³/mol. The Kier molecular flexibility index (Phi) is 2.68. The van der Waals surface area contributed by atoms with Crippen molar-refractivity contribution in [3.8, 4) is 0 Å². The highest BCUT2D eigenvalue weighted by molar-refractivity contribution is 6.03. The molecule has 5 nitrogen and oxygen atoms in total. The number of rotatable bonds is 2. The van der Waals surface area contributed by atoms with Gasteiger partial charge in [-0.1, -0.05) is 18.2 Å². The van der Waals surface area contributed by atoms with Crippen LogP contribution in [-0.4, -0.2) is 20.5 Å². The van der Waals surface area contributed by atoms with Gasteiger partial charge < -0.3 is 0 Å². The first-order valence-corrected chi connectivity index (χ1v) is 5.61. The van der Waals surface area contributed by atoms with E-state index in [0.717, 1.165) is 0 Å². The maximum atomic E-state index is 13.5. The van der Waals surface area contributed by atoms with Crippen molar-refractivity contribution >= 4 is 17.5 Å². The Morgan fingerprint density at radius 2 is 1.89 bits per heavy atom. The van der Waals surface area contributed by atoms with Gasteiger partial charge in [-0.25, -0.2) is 4.39 Å². The molecule has 3 aromatic rings. The average Bonchev–Trinajstić information content (AvgIpc) is 2.83. The molecule has 0 aliphatic heterocycles. The van der Waals surface area contributed by atoms with Gasteiger partial charge in [0.25, 0.3) is 5.91 Å². The molecule has 1 amide bonds. The second-order valence-corrected chi connectivity index (χ2v) is 3.89. The van der Waals surface area contributed by atoms with Crippen LogP contribution in [0.1, 0.15) is 10.4 Å². The van der Waals surface area contributed by atoms with Crippen LogP contribution in [0.25, 0.3) is 5.65 Å². The quantitative estimate of drug-likeness (QED) is 0.764. The first kappa shape index (κ1) is 11.3. The van der Waals surface area contributed by atoms with E-state index in [4.69, 9.17) is 0 Å². The molecule has 94 valence electrons. The molecule has 0 fully saturated rings. The lowest BCUT2D eigenvalue weighted by atomic mass is 10.2. The fourth-order valence-corrected chi connectivity index (χ4v) is 1.74. The lowest BCUT2D eigenvalue weighted by molar-refractivity contribution is 0.102. The number of halogens is 1. The fourth-order valence-electron chi connectivity index (χ4n) is 1.74. The maximum absolute atomic E-state index is 13.5. The number of hydrogen-bond donors (Lipinski definition) is 1. The average molecular weight is 256 g/mol. The summed E-state index contributed by atoms with van der Waals surface area (Å²) in [7, 11) is 0. The Bertz CT molecular complexity index is 753. The van der Waals surface area contributed by atoms with E-state index in [1.807, 2.05) is 6.07 Å². The zero-order chi connectivity index (χ0) is 13.2. The number of aromatic nitrogens is 3. The van der Waals surface area contributed by atoms with Gasteiger partial charge in [0.15, 0.2) is 5.65 Å². The molecule has 0 spiro atoms. The number of nitrogens with one attached hydrogen (secondary N) is 1. The SMILES string of the molecule is O=C(Nc1nnc2ccccn12)c1ccccc1F. The van der Waals surface area contributed by atoms with E-state index in [0.29, 0.717) is 5.65 Å². The summed E-state index contributed by atoms with van der Waals surface area (Å²) >= 11 is 0. The minimum Gasteiger partial charge on any atom is -0.290 e.